The van der Waals surface area contributed by atoms with Crippen molar-refractivity contribution in [2.75, 3.05) is 0 Å². The Hall–Kier alpha value is -2.69. The number of nitrogens with zero attached hydrogens (tertiary/aromatic N) is 3. The molecular weight excluding hydrogens is 267 g/mol. The molecule has 0 unspecified atom stereocenters. The Bertz CT molecular complexity index is 981. The molecular formula is C16H13FN4. The van der Waals surface area contributed by atoms with Crippen LogP contribution >= 0.6 is 0 Å². The van der Waals surface area contributed by atoms with E-state index < -0.39 is 0 Å². The molecule has 104 valence electrons. The molecule has 0 fully saturated rings. The van der Waals surface area contributed by atoms with Gasteiger partial charge in [-0.25, -0.2) is 4.39 Å². The molecule has 0 atom stereocenters. The number of hydrogen-bond donors (Lipinski definition) is 1. The highest BCUT2D eigenvalue weighted by atomic mass is 19.1. The number of fused-ring (bicyclic) bond motifs is 2. The fraction of sp³-hybridized carbons (Fsp3) is 0.125. The number of hydrogen-bond acceptors (Lipinski definition) is 2. The van der Waals surface area contributed by atoms with Crippen LogP contribution in [0.2, 0.25) is 0 Å². The molecule has 4 nitrogen and oxygen atoms in total. The van der Waals surface area contributed by atoms with Gasteiger partial charge in [0, 0.05) is 29.6 Å². The highest BCUT2D eigenvalue weighted by Crippen LogP contribution is 2.34. The second kappa shape index (κ2) is 4.15. The third-order valence-corrected chi connectivity index (χ3v) is 3.80. The summed E-state index contributed by atoms with van der Waals surface area (Å²) in [5.74, 6) is -0.287. The van der Waals surface area contributed by atoms with Gasteiger partial charge in [0.15, 0.2) is 0 Å². The molecule has 2 heterocycles. The van der Waals surface area contributed by atoms with Crippen LogP contribution in [-0.4, -0.2) is 20.0 Å². The van der Waals surface area contributed by atoms with Crippen LogP contribution in [0, 0.1) is 12.7 Å². The van der Waals surface area contributed by atoms with E-state index in [2.05, 4.69) is 15.3 Å². The number of aromatic nitrogens is 4. The minimum absolute atomic E-state index is 0.287. The molecule has 0 amide bonds. The Kier molecular flexibility index (Phi) is 2.39. The summed E-state index contributed by atoms with van der Waals surface area (Å²) in [6.45, 7) is 2.01. The number of benzene rings is 2. The zero-order valence-electron chi connectivity index (χ0n) is 11.7. The van der Waals surface area contributed by atoms with Gasteiger partial charge >= 0.3 is 0 Å². The molecule has 4 aromatic rings. The predicted molar refractivity (Wildman–Crippen MR) is 80.5 cm³/mol. The van der Waals surface area contributed by atoms with Crippen LogP contribution in [0.4, 0.5) is 4.39 Å². The molecule has 5 heteroatoms. The van der Waals surface area contributed by atoms with Crippen LogP contribution in [0.15, 0.2) is 36.5 Å². The fourth-order valence-electron chi connectivity index (χ4n) is 2.80. The maximum Gasteiger partial charge on any atom is 0.133 e. The lowest BCUT2D eigenvalue weighted by Gasteiger charge is -2.02. The lowest BCUT2D eigenvalue weighted by Crippen LogP contribution is -1.86. The Morgan fingerprint density at radius 1 is 1.14 bits per heavy atom. The lowest BCUT2D eigenvalue weighted by molar-refractivity contribution is 0.632. The van der Waals surface area contributed by atoms with Crippen LogP contribution < -0.4 is 0 Å². The average Bonchev–Trinajstić information content (AvgIpc) is 3.03. The topological polar surface area (TPSA) is 46.5 Å². The van der Waals surface area contributed by atoms with Crippen LogP contribution in [-0.2, 0) is 7.05 Å². The molecule has 0 aliphatic rings. The molecule has 1 N–H and O–H groups in total. The van der Waals surface area contributed by atoms with Crippen molar-refractivity contribution < 1.29 is 4.39 Å². The van der Waals surface area contributed by atoms with Crippen molar-refractivity contribution in [2.24, 2.45) is 7.05 Å². The van der Waals surface area contributed by atoms with Crippen molar-refractivity contribution in [3.8, 4) is 11.3 Å². The van der Waals surface area contributed by atoms with Gasteiger partial charge in [-0.1, -0.05) is 18.2 Å². The summed E-state index contributed by atoms with van der Waals surface area (Å²) < 4.78 is 16.1. The van der Waals surface area contributed by atoms with Gasteiger partial charge in [-0.15, -0.1) is 0 Å². The summed E-state index contributed by atoms with van der Waals surface area (Å²) in [5.41, 5.74) is 3.91. The number of H-pyrrole nitrogens is 1. The lowest BCUT2D eigenvalue weighted by atomic mass is 10.0. The van der Waals surface area contributed by atoms with Crippen LogP contribution in [0.25, 0.3) is 33.1 Å². The quantitative estimate of drug-likeness (QED) is 0.579. The fourth-order valence-corrected chi connectivity index (χ4v) is 2.80. The van der Waals surface area contributed by atoms with Gasteiger partial charge in [-0.2, -0.15) is 10.2 Å². The smallest absolute Gasteiger partial charge is 0.133 e. The van der Waals surface area contributed by atoms with E-state index in [1.807, 2.05) is 38.4 Å². The second-order valence-corrected chi connectivity index (χ2v) is 5.23. The Morgan fingerprint density at radius 2 is 2.00 bits per heavy atom. The van der Waals surface area contributed by atoms with E-state index in [0.29, 0.717) is 11.3 Å². The molecule has 0 spiro atoms. The maximum atomic E-state index is 14.4. The van der Waals surface area contributed by atoms with E-state index in [-0.39, 0.29) is 5.82 Å². The molecule has 2 aromatic carbocycles. The standard InChI is InChI=1S/C16H13FN4/c1-9-4-3-5-10-15(9)18-19-16(10)14-11-8-21(2)20-13(11)7-6-12(14)17/h3-8H,1-2H3,(H,18,19). The molecule has 0 aliphatic heterocycles. The van der Waals surface area contributed by atoms with Crippen LogP contribution in [0.3, 0.4) is 0 Å². The Labute approximate surface area is 120 Å². The van der Waals surface area contributed by atoms with Gasteiger partial charge in [0.05, 0.1) is 11.0 Å². The van der Waals surface area contributed by atoms with Crippen molar-refractivity contribution in [2.45, 2.75) is 6.92 Å². The first-order valence-electron chi connectivity index (χ1n) is 6.71. The SMILES string of the molecule is Cc1cccc2c(-c3c(F)ccc4nn(C)cc34)n[nH]c12. The van der Waals surface area contributed by atoms with E-state index in [9.17, 15) is 4.39 Å². The van der Waals surface area contributed by atoms with E-state index in [1.54, 1.807) is 10.7 Å². The van der Waals surface area contributed by atoms with Crippen molar-refractivity contribution in [3.63, 3.8) is 0 Å². The predicted octanol–water partition coefficient (Wildman–Crippen LogP) is 3.56. The summed E-state index contributed by atoms with van der Waals surface area (Å²) in [7, 11) is 1.83. The number of aromatic amines is 1. The monoisotopic (exact) mass is 280 g/mol. The molecule has 0 saturated heterocycles. The molecule has 0 aliphatic carbocycles. The van der Waals surface area contributed by atoms with Crippen molar-refractivity contribution in [3.05, 3.63) is 47.9 Å². The number of halogens is 1. The minimum Gasteiger partial charge on any atom is -0.277 e. The summed E-state index contributed by atoms with van der Waals surface area (Å²) in [4.78, 5) is 0. The summed E-state index contributed by atoms with van der Waals surface area (Å²) in [6, 6.07) is 9.05. The average molecular weight is 280 g/mol. The number of para-hydroxylation sites is 1. The van der Waals surface area contributed by atoms with Gasteiger partial charge in [0.25, 0.3) is 0 Å². The van der Waals surface area contributed by atoms with E-state index in [0.717, 1.165) is 27.4 Å². The first-order valence-corrected chi connectivity index (χ1v) is 6.71. The van der Waals surface area contributed by atoms with Gasteiger partial charge in [0.1, 0.15) is 11.5 Å². The maximum absolute atomic E-state index is 14.4. The normalized spacial score (nSPS) is 11.6. The molecule has 2 aromatic heterocycles. The highest BCUT2D eigenvalue weighted by molar-refractivity contribution is 6.03. The van der Waals surface area contributed by atoms with E-state index in [1.165, 1.54) is 6.07 Å². The largest absolute Gasteiger partial charge is 0.277 e. The van der Waals surface area contributed by atoms with E-state index in [4.69, 9.17) is 0 Å². The van der Waals surface area contributed by atoms with E-state index >= 15 is 0 Å². The molecule has 4 rings (SSSR count). The number of nitrogens with one attached hydrogen (secondary N) is 1. The third kappa shape index (κ3) is 1.67. The van der Waals surface area contributed by atoms with Crippen LogP contribution in [0.5, 0.6) is 0 Å². The van der Waals surface area contributed by atoms with Gasteiger partial charge in [-0.3, -0.25) is 9.78 Å². The molecule has 21 heavy (non-hydrogen) atoms. The van der Waals surface area contributed by atoms with Crippen LogP contribution in [0.1, 0.15) is 5.56 Å². The molecule has 0 radical (unpaired) electrons. The van der Waals surface area contributed by atoms with Gasteiger partial charge in [-0.05, 0) is 24.6 Å². The Morgan fingerprint density at radius 3 is 2.86 bits per heavy atom. The van der Waals surface area contributed by atoms with Gasteiger partial charge < -0.3 is 0 Å². The third-order valence-electron chi connectivity index (χ3n) is 3.80. The van der Waals surface area contributed by atoms with Crippen molar-refractivity contribution >= 4 is 21.8 Å². The second-order valence-electron chi connectivity index (χ2n) is 5.23. The number of rotatable bonds is 1. The van der Waals surface area contributed by atoms with Gasteiger partial charge in [0.2, 0.25) is 0 Å². The zero-order chi connectivity index (χ0) is 14.6. The Balaban J connectivity index is 2.13. The summed E-state index contributed by atoms with van der Waals surface area (Å²) in [6.07, 6.45) is 1.82. The molecule has 0 bridgehead atoms. The minimum atomic E-state index is -0.287. The first-order chi connectivity index (χ1) is 10.1. The van der Waals surface area contributed by atoms with Crippen molar-refractivity contribution in [1.82, 2.24) is 20.0 Å². The summed E-state index contributed by atoms with van der Waals surface area (Å²) in [5, 5.41) is 13.4. The highest BCUT2D eigenvalue weighted by Gasteiger charge is 2.17. The zero-order valence-corrected chi connectivity index (χ0v) is 11.7. The first kappa shape index (κ1) is 12.1. The van der Waals surface area contributed by atoms with Crippen molar-refractivity contribution in [1.29, 1.82) is 0 Å². The molecule has 0 saturated carbocycles. The number of aryl methyl sites for hydroxylation is 2. The summed E-state index contributed by atoms with van der Waals surface area (Å²) >= 11 is 0.